The first-order valence-corrected chi connectivity index (χ1v) is 9.06. The number of likely N-dealkylation sites (tertiary alicyclic amines) is 1. The van der Waals surface area contributed by atoms with Crippen LogP contribution in [0.1, 0.15) is 17.5 Å². The van der Waals surface area contributed by atoms with E-state index < -0.39 is 0 Å². The fraction of sp³-hybridized carbons (Fsp3) is 0.300. The molecule has 1 amide bonds. The number of H-pyrrole nitrogens is 1. The van der Waals surface area contributed by atoms with Crippen molar-refractivity contribution in [2.45, 2.75) is 24.9 Å². The van der Waals surface area contributed by atoms with Gasteiger partial charge in [-0.25, -0.2) is 9.97 Å². The molecule has 2 aliphatic heterocycles. The second-order valence-corrected chi connectivity index (χ2v) is 7.16. The monoisotopic (exact) mass is 358 g/mol. The highest BCUT2D eigenvalue weighted by Crippen LogP contribution is 2.36. The predicted molar refractivity (Wildman–Crippen MR) is 100 cm³/mol. The van der Waals surface area contributed by atoms with Gasteiger partial charge in [0.25, 0.3) is 0 Å². The topological polar surface area (TPSA) is 88.9 Å². The van der Waals surface area contributed by atoms with E-state index in [0.717, 1.165) is 41.9 Å². The van der Waals surface area contributed by atoms with Crippen molar-refractivity contribution in [2.75, 3.05) is 18.0 Å². The molecule has 2 aliphatic rings. The van der Waals surface area contributed by atoms with Crippen molar-refractivity contribution in [3.8, 4) is 6.07 Å². The first-order valence-electron chi connectivity index (χ1n) is 9.06. The van der Waals surface area contributed by atoms with Crippen LogP contribution in [0.15, 0.2) is 42.9 Å². The number of benzene rings is 1. The summed E-state index contributed by atoms with van der Waals surface area (Å²) < 4.78 is 0. The van der Waals surface area contributed by atoms with Gasteiger partial charge in [-0.05, 0) is 30.2 Å². The van der Waals surface area contributed by atoms with Gasteiger partial charge in [0.05, 0.1) is 35.5 Å². The van der Waals surface area contributed by atoms with Gasteiger partial charge in [-0.2, -0.15) is 5.26 Å². The van der Waals surface area contributed by atoms with Crippen LogP contribution in [0.5, 0.6) is 0 Å². The number of hydrogen-bond acceptors (Lipinski definition) is 5. The number of anilines is 1. The number of hydrogen-bond donors (Lipinski definition) is 1. The highest BCUT2D eigenvalue weighted by atomic mass is 16.2. The molecule has 1 N–H and O–H groups in total. The zero-order valence-corrected chi connectivity index (χ0v) is 14.7. The summed E-state index contributed by atoms with van der Waals surface area (Å²) in [4.78, 5) is 29.0. The van der Waals surface area contributed by atoms with Gasteiger partial charge in [-0.15, -0.1) is 0 Å². The van der Waals surface area contributed by atoms with E-state index in [9.17, 15) is 4.79 Å². The van der Waals surface area contributed by atoms with Crippen LogP contribution in [0.2, 0.25) is 0 Å². The summed E-state index contributed by atoms with van der Waals surface area (Å²) in [5.74, 6) is 1.11. The van der Waals surface area contributed by atoms with Crippen LogP contribution in [0.25, 0.3) is 11.0 Å². The minimum Gasteiger partial charge on any atom is -0.349 e. The van der Waals surface area contributed by atoms with Crippen LogP contribution < -0.4 is 4.90 Å². The van der Waals surface area contributed by atoms with E-state index in [1.54, 1.807) is 18.5 Å². The zero-order chi connectivity index (χ0) is 18.4. The Morgan fingerprint density at radius 2 is 2.04 bits per heavy atom. The maximum absolute atomic E-state index is 12.8. The Kier molecular flexibility index (Phi) is 3.57. The molecule has 7 heteroatoms. The molecule has 2 aromatic heterocycles. The lowest BCUT2D eigenvalue weighted by Crippen LogP contribution is -2.49. The van der Waals surface area contributed by atoms with E-state index >= 15 is 0 Å². The van der Waals surface area contributed by atoms with Gasteiger partial charge in [0.1, 0.15) is 17.8 Å². The molecule has 2 bridgehead atoms. The summed E-state index contributed by atoms with van der Waals surface area (Å²) in [6.45, 7) is 1.54. The SMILES string of the molecule is N#Cc1ccc(CC(=O)N2C[C@@H]3C[C@H]2CN3c2ncnc3[nH]ccc23)cc1. The molecule has 4 heterocycles. The van der Waals surface area contributed by atoms with Crippen molar-refractivity contribution in [1.29, 1.82) is 5.26 Å². The summed E-state index contributed by atoms with van der Waals surface area (Å²) >= 11 is 0. The first-order chi connectivity index (χ1) is 13.2. The summed E-state index contributed by atoms with van der Waals surface area (Å²) in [6.07, 6.45) is 4.83. The Hall–Kier alpha value is -3.40. The summed E-state index contributed by atoms with van der Waals surface area (Å²) in [6, 6.07) is 11.9. The lowest BCUT2D eigenvalue weighted by Gasteiger charge is -2.35. The van der Waals surface area contributed by atoms with Gasteiger partial charge >= 0.3 is 0 Å². The second kappa shape index (κ2) is 6.09. The first kappa shape index (κ1) is 15.8. The number of nitriles is 1. The fourth-order valence-electron chi connectivity index (χ4n) is 4.29. The average Bonchev–Trinajstić information content (AvgIpc) is 3.43. The van der Waals surface area contributed by atoms with Crippen LogP contribution in [-0.2, 0) is 11.2 Å². The number of amides is 1. The number of piperazine rings is 1. The number of rotatable bonds is 3. The number of aromatic amines is 1. The van der Waals surface area contributed by atoms with Gasteiger partial charge < -0.3 is 14.8 Å². The summed E-state index contributed by atoms with van der Waals surface area (Å²) in [7, 11) is 0. The summed E-state index contributed by atoms with van der Waals surface area (Å²) in [5, 5.41) is 9.91. The number of fused-ring (bicyclic) bond motifs is 3. The predicted octanol–water partition coefficient (Wildman–Crippen LogP) is 1.86. The molecule has 0 radical (unpaired) electrons. The number of carbonyl (C=O) groups is 1. The van der Waals surface area contributed by atoms with Gasteiger partial charge in [-0.1, -0.05) is 12.1 Å². The summed E-state index contributed by atoms with van der Waals surface area (Å²) in [5.41, 5.74) is 2.41. The van der Waals surface area contributed by atoms with E-state index in [1.807, 2.05) is 29.3 Å². The molecule has 0 aliphatic carbocycles. The lowest BCUT2D eigenvalue weighted by molar-refractivity contribution is -0.131. The van der Waals surface area contributed by atoms with Crippen molar-refractivity contribution in [3.63, 3.8) is 0 Å². The third kappa shape index (κ3) is 2.61. The third-order valence-corrected chi connectivity index (χ3v) is 5.60. The smallest absolute Gasteiger partial charge is 0.227 e. The van der Waals surface area contributed by atoms with Crippen LogP contribution in [0.3, 0.4) is 0 Å². The number of nitrogens with zero attached hydrogens (tertiary/aromatic N) is 5. The number of carbonyl (C=O) groups excluding carboxylic acids is 1. The van der Waals surface area contributed by atoms with E-state index in [4.69, 9.17) is 5.26 Å². The number of aromatic nitrogens is 3. The molecule has 3 aromatic rings. The molecule has 2 saturated heterocycles. The second-order valence-electron chi connectivity index (χ2n) is 7.16. The van der Waals surface area contributed by atoms with Gasteiger partial charge in [-0.3, -0.25) is 4.79 Å². The zero-order valence-electron chi connectivity index (χ0n) is 14.7. The maximum Gasteiger partial charge on any atom is 0.227 e. The number of nitrogens with one attached hydrogen (secondary N) is 1. The quantitative estimate of drug-likeness (QED) is 0.772. The Balaban J connectivity index is 1.30. The molecule has 27 heavy (non-hydrogen) atoms. The molecular weight excluding hydrogens is 340 g/mol. The van der Waals surface area contributed by atoms with Crippen molar-refractivity contribution >= 4 is 22.8 Å². The minimum absolute atomic E-state index is 0.154. The molecule has 5 rings (SSSR count). The standard InChI is InChI=1S/C20H18N6O/c21-9-14-3-1-13(2-4-14)7-18(27)25-10-16-8-15(25)11-26(16)20-17-5-6-22-19(17)23-12-24-20/h1-6,12,15-16H,7-8,10-11H2,(H,22,23,24)/t15-,16-/m0/s1. The van der Waals surface area contributed by atoms with E-state index in [0.29, 0.717) is 18.0 Å². The van der Waals surface area contributed by atoms with Gasteiger partial charge in [0, 0.05) is 19.3 Å². The van der Waals surface area contributed by atoms with E-state index in [-0.39, 0.29) is 11.9 Å². The molecule has 134 valence electrons. The molecule has 7 nitrogen and oxygen atoms in total. The van der Waals surface area contributed by atoms with Crippen molar-refractivity contribution in [2.24, 2.45) is 0 Å². The van der Waals surface area contributed by atoms with Crippen LogP contribution in [0.4, 0.5) is 5.82 Å². The van der Waals surface area contributed by atoms with Crippen LogP contribution >= 0.6 is 0 Å². The largest absolute Gasteiger partial charge is 0.349 e. The van der Waals surface area contributed by atoms with Crippen molar-refractivity contribution < 1.29 is 4.79 Å². The highest BCUT2D eigenvalue weighted by Gasteiger charge is 2.45. The Labute approximate surface area is 156 Å². The maximum atomic E-state index is 12.8. The van der Waals surface area contributed by atoms with Gasteiger partial charge in [0.15, 0.2) is 0 Å². The molecule has 0 unspecified atom stereocenters. The molecule has 1 aromatic carbocycles. The van der Waals surface area contributed by atoms with Crippen LogP contribution in [0, 0.1) is 11.3 Å². The molecule has 0 spiro atoms. The minimum atomic E-state index is 0.154. The van der Waals surface area contributed by atoms with Crippen molar-refractivity contribution in [3.05, 3.63) is 54.0 Å². The molecule has 2 atom stereocenters. The molecule has 0 saturated carbocycles. The molecule has 2 fully saturated rings. The highest BCUT2D eigenvalue weighted by molar-refractivity contribution is 5.88. The van der Waals surface area contributed by atoms with E-state index in [2.05, 4.69) is 25.9 Å². The fourth-order valence-corrected chi connectivity index (χ4v) is 4.29. The lowest BCUT2D eigenvalue weighted by atomic mass is 10.1. The van der Waals surface area contributed by atoms with Crippen LogP contribution in [-0.4, -0.2) is 50.9 Å². The Morgan fingerprint density at radius 3 is 2.78 bits per heavy atom. The Bertz CT molecular complexity index is 1050. The van der Waals surface area contributed by atoms with E-state index in [1.165, 1.54) is 0 Å². The third-order valence-electron chi connectivity index (χ3n) is 5.60. The average molecular weight is 358 g/mol. The van der Waals surface area contributed by atoms with Gasteiger partial charge in [0.2, 0.25) is 5.91 Å². The normalized spacial score (nSPS) is 21.0. The Morgan fingerprint density at radius 1 is 1.19 bits per heavy atom. The van der Waals surface area contributed by atoms with Crippen molar-refractivity contribution in [1.82, 2.24) is 19.9 Å². The molecular formula is C20H18N6O.